The van der Waals surface area contributed by atoms with Gasteiger partial charge in [0.15, 0.2) is 0 Å². The largest absolute Gasteiger partial charge is 0.444 e. The number of aliphatic hydroxyl groups excluding tert-OH is 1. The lowest BCUT2D eigenvalue weighted by Gasteiger charge is -2.13. The van der Waals surface area contributed by atoms with Crippen LogP contribution in [0.2, 0.25) is 0 Å². The van der Waals surface area contributed by atoms with E-state index in [-0.39, 0.29) is 12.6 Å². The smallest absolute Gasteiger partial charge is 0.217 e. The van der Waals surface area contributed by atoms with Gasteiger partial charge in [-0.1, -0.05) is 0 Å². The molecular formula is C14H16N4O2. The highest BCUT2D eigenvalue weighted by Gasteiger charge is 2.20. The molecule has 2 aromatic heterocycles. The van der Waals surface area contributed by atoms with Gasteiger partial charge < -0.3 is 19.8 Å². The quantitative estimate of drug-likeness (QED) is 0.712. The van der Waals surface area contributed by atoms with Crippen molar-refractivity contribution in [3.8, 4) is 0 Å². The average Bonchev–Trinajstić information content (AvgIpc) is 3.00. The summed E-state index contributed by atoms with van der Waals surface area (Å²) in [6.07, 6.45) is 1.68. The monoisotopic (exact) mass is 272 g/mol. The number of aryl methyl sites for hydroxylation is 1. The Balaban J connectivity index is 2.18. The van der Waals surface area contributed by atoms with E-state index in [4.69, 9.17) is 10.2 Å². The number of aliphatic hydroxyl groups is 1. The summed E-state index contributed by atoms with van der Waals surface area (Å²) in [6.45, 7) is 3.66. The number of oxazole rings is 1. The predicted octanol–water partition coefficient (Wildman–Crippen LogP) is 2.02. The summed E-state index contributed by atoms with van der Waals surface area (Å²) in [4.78, 5) is 8.66. The van der Waals surface area contributed by atoms with E-state index in [9.17, 15) is 5.11 Å². The van der Waals surface area contributed by atoms with Crippen molar-refractivity contribution in [2.45, 2.75) is 26.5 Å². The summed E-state index contributed by atoms with van der Waals surface area (Å²) in [7, 11) is 0. The van der Waals surface area contributed by atoms with Gasteiger partial charge >= 0.3 is 0 Å². The first-order valence-corrected chi connectivity index (χ1v) is 6.39. The highest BCUT2D eigenvalue weighted by atomic mass is 16.4. The molecule has 0 aliphatic rings. The highest BCUT2D eigenvalue weighted by molar-refractivity contribution is 5.80. The average molecular weight is 272 g/mol. The molecule has 0 saturated carbocycles. The lowest BCUT2D eigenvalue weighted by Crippen LogP contribution is -2.11. The van der Waals surface area contributed by atoms with Crippen LogP contribution in [0.25, 0.3) is 11.0 Å². The summed E-state index contributed by atoms with van der Waals surface area (Å²) in [5, 5.41) is 9.52. The first kappa shape index (κ1) is 12.7. The molecule has 0 bridgehead atoms. The van der Waals surface area contributed by atoms with Crippen LogP contribution < -0.4 is 5.73 Å². The number of hydrogen-bond donors (Lipinski definition) is 2. The molecule has 6 nitrogen and oxygen atoms in total. The molecule has 1 atom stereocenters. The number of fused-ring (bicyclic) bond motifs is 1. The van der Waals surface area contributed by atoms with Crippen molar-refractivity contribution in [3.63, 3.8) is 0 Å². The Bertz CT molecular complexity index is 760. The Kier molecular flexibility index (Phi) is 2.94. The van der Waals surface area contributed by atoms with Crippen molar-refractivity contribution in [1.82, 2.24) is 14.5 Å². The number of hydrogen-bond acceptors (Lipinski definition) is 5. The van der Waals surface area contributed by atoms with Crippen LogP contribution in [0.4, 0.5) is 5.69 Å². The van der Waals surface area contributed by atoms with Crippen LogP contribution in [0.3, 0.4) is 0 Å². The van der Waals surface area contributed by atoms with Crippen LogP contribution in [0.1, 0.15) is 30.4 Å². The van der Waals surface area contributed by atoms with Gasteiger partial charge in [0, 0.05) is 5.69 Å². The normalized spacial score (nSPS) is 12.9. The maximum absolute atomic E-state index is 9.52. The van der Waals surface area contributed by atoms with Gasteiger partial charge in [-0.3, -0.25) is 0 Å². The van der Waals surface area contributed by atoms with Gasteiger partial charge in [0.1, 0.15) is 24.2 Å². The van der Waals surface area contributed by atoms with E-state index in [0.29, 0.717) is 17.4 Å². The third kappa shape index (κ3) is 1.94. The minimum absolute atomic E-state index is 0.153. The Morgan fingerprint density at radius 1 is 1.45 bits per heavy atom. The van der Waals surface area contributed by atoms with Gasteiger partial charge in [0.25, 0.3) is 0 Å². The van der Waals surface area contributed by atoms with Crippen LogP contribution in [0.5, 0.6) is 0 Å². The highest BCUT2D eigenvalue weighted by Crippen LogP contribution is 2.27. The predicted molar refractivity (Wildman–Crippen MR) is 75.1 cm³/mol. The number of rotatable bonds is 3. The summed E-state index contributed by atoms with van der Waals surface area (Å²) >= 11 is 0. The molecular weight excluding hydrogens is 256 g/mol. The van der Waals surface area contributed by atoms with Crippen molar-refractivity contribution in [3.05, 3.63) is 41.9 Å². The van der Waals surface area contributed by atoms with Crippen LogP contribution in [0, 0.1) is 6.92 Å². The SMILES string of the molecule is Cc1cnc(C(C)n2c(CO)nc3cc(N)ccc32)o1. The van der Waals surface area contributed by atoms with Crippen LogP contribution in [-0.4, -0.2) is 19.6 Å². The van der Waals surface area contributed by atoms with E-state index in [1.807, 2.05) is 30.5 Å². The van der Waals surface area contributed by atoms with E-state index in [2.05, 4.69) is 9.97 Å². The second kappa shape index (κ2) is 4.64. The minimum Gasteiger partial charge on any atom is -0.444 e. The number of anilines is 1. The Hall–Kier alpha value is -2.34. The molecule has 0 spiro atoms. The van der Waals surface area contributed by atoms with Gasteiger partial charge in [0.2, 0.25) is 5.89 Å². The van der Waals surface area contributed by atoms with Crippen molar-refractivity contribution < 1.29 is 9.52 Å². The lowest BCUT2D eigenvalue weighted by molar-refractivity contribution is 0.262. The molecule has 20 heavy (non-hydrogen) atoms. The number of nitrogens with two attached hydrogens (primary N) is 1. The van der Waals surface area contributed by atoms with Gasteiger partial charge in [-0.05, 0) is 32.0 Å². The van der Waals surface area contributed by atoms with Crippen molar-refractivity contribution in [1.29, 1.82) is 0 Å². The molecule has 6 heteroatoms. The maximum atomic E-state index is 9.52. The number of nitrogens with zero attached hydrogens (tertiary/aromatic N) is 3. The molecule has 1 unspecified atom stereocenters. The van der Waals surface area contributed by atoms with Gasteiger partial charge in [0.05, 0.1) is 17.2 Å². The topological polar surface area (TPSA) is 90.1 Å². The number of aromatic nitrogens is 3. The molecule has 3 rings (SSSR count). The van der Waals surface area contributed by atoms with E-state index < -0.39 is 0 Å². The van der Waals surface area contributed by atoms with E-state index in [0.717, 1.165) is 16.8 Å². The molecule has 0 aliphatic heterocycles. The Morgan fingerprint density at radius 3 is 2.90 bits per heavy atom. The standard InChI is InChI=1S/C14H16N4O2/c1-8-6-16-14(20-8)9(2)18-12-4-3-10(15)5-11(12)17-13(18)7-19/h3-6,9,19H,7,15H2,1-2H3. The second-order valence-electron chi connectivity index (χ2n) is 4.79. The van der Waals surface area contributed by atoms with Crippen LogP contribution >= 0.6 is 0 Å². The number of nitrogen functional groups attached to an aromatic ring is 1. The van der Waals surface area contributed by atoms with Crippen LogP contribution in [0.15, 0.2) is 28.8 Å². The summed E-state index contributed by atoms with van der Waals surface area (Å²) in [5.74, 6) is 1.91. The second-order valence-corrected chi connectivity index (χ2v) is 4.79. The zero-order valence-corrected chi connectivity index (χ0v) is 11.4. The maximum Gasteiger partial charge on any atom is 0.217 e. The summed E-state index contributed by atoms with van der Waals surface area (Å²) in [5.41, 5.74) is 8.07. The third-order valence-corrected chi connectivity index (χ3v) is 3.31. The Labute approximate surface area is 115 Å². The van der Waals surface area contributed by atoms with Gasteiger partial charge in [-0.2, -0.15) is 0 Å². The number of imidazole rings is 1. The summed E-state index contributed by atoms with van der Waals surface area (Å²) < 4.78 is 7.49. The zero-order chi connectivity index (χ0) is 14.3. The molecule has 3 aromatic rings. The molecule has 0 saturated heterocycles. The van der Waals surface area contributed by atoms with Crippen molar-refractivity contribution in [2.75, 3.05) is 5.73 Å². The van der Waals surface area contributed by atoms with Gasteiger partial charge in [-0.25, -0.2) is 9.97 Å². The molecule has 3 N–H and O–H groups in total. The van der Waals surface area contributed by atoms with Gasteiger partial charge in [-0.15, -0.1) is 0 Å². The molecule has 104 valence electrons. The first-order chi connectivity index (χ1) is 9.60. The molecule has 0 radical (unpaired) electrons. The minimum atomic E-state index is -0.154. The lowest BCUT2D eigenvalue weighted by atomic mass is 10.2. The molecule has 2 heterocycles. The fourth-order valence-electron chi connectivity index (χ4n) is 2.39. The van der Waals surface area contributed by atoms with Crippen molar-refractivity contribution >= 4 is 16.7 Å². The number of benzene rings is 1. The Morgan fingerprint density at radius 2 is 2.25 bits per heavy atom. The third-order valence-electron chi connectivity index (χ3n) is 3.31. The zero-order valence-electron chi connectivity index (χ0n) is 11.4. The van der Waals surface area contributed by atoms with Crippen LogP contribution in [-0.2, 0) is 6.61 Å². The summed E-state index contributed by atoms with van der Waals surface area (Å²) in [6, 6.07) is 5.34. The molecule has 0 aliphatic carbocycles. The van der Waals surface area contributed by atoms with E-state index in [1.165, 1.54) is 0 Å². The fraction of sp³-hybridized carbons (Fsp3) is 0.286. The molecule has 0 amide bonds. The van der Waals surface area contributed by atoms with E-state index in [1.54, 1.807) is 12.3 Å². The van der Waals surface area contributed by atoms with E-state index >= 15 is 0 Å². The first-order valence-electron chi connectivity index (χ1n) is 6.39. The molecule has 0 fully saturated rings. The molecule has 1 aromatic carbocycles. The van der Waals surface area contributed by atoms with Crippen molar-refractivity contribution in [2.24, 2.45) is 0 Å². The fourth-order valence-corrected chi connectivity index (χ4v) is 2.39.